The summed E-state index contributed by atoms with van der Waals surface area (Å²) in [5.41, 5.74) is 7.68. The number of benzene rings is 1. The van der Waals surface area contributed by atoms with E-state index >= 15 is 0 Å². The van der Waals surface area contributed by atoms with Gasteiger partial charge in [-0.25, -0.2) is 4.39 Å². The first-order valence-electron chi connectivity index (χ1n) is 7.43. The van der Waals surface area contributed by atoms with Gasteiger partial charge in [0, 0.05) is 25.2 Å². The molecule has 0 aliphatic carbocycles. The van der Waals surface area contributed by atoms with Crippen molar-refractivity contribution in [3.8, 4) is 0 Å². The third-order valence-electron chi connectivity index (χ3n) is 4.12. The second-order valence-electron chi connectivity index (χ2n) is 6.11. The summed E-state index contributed by atoms with van der Waals surface area (Å²) in [6, 6.07) is 5.99. The molecule has 1 fully saturated rings. The van der Waals surface area contributed by atoms with Crippen molar-refractivity contribution in [1.82, 2.24) is 4.90 Å². The van der Waals surface area contributed by atoms with Crippen molar-refractivity contribution in [2.24, 2.45) is 5.73 Å². The van der Waals surface area contributed by atoms with Gasteiger partial charge in [-0.05, 0) is 51.9 Å². The van der Waals surface area contributed by atoms with Crippen molar-refractivity contribution >= 4 is 5.69 Å². The summed E-state index contributed by atoms with van der Waals surface area (Å²) in [6.45, 7) is 3.79. The van der Waals surface area contributed by atoms with E-state index in [2.05, 4.69) is 23.9 Å². The van der Waals surface area contributed by atoms with Gasteiger partial charge in [-0.1, -0.05) is 12.1 Å². The Balaban J connectivity index is 2.16. The lowest BCUT2D eigenvalue weighted by molar-refractivity contribution is 0.249. The molecule has 0 aromatic heterocycles. The predicted octanol–water partition coefficient (Wildman–Crippen LogP) is 2.25. The molecule has 1 atom stereocenters. The average molecular weight is 279 g/mol. The van der Waals surface area contributed by atoms with E-state index in [1.54, 1.807) is 12.1 Å². The number of halogens is 1. The number of piperidine rings is 1. The van der Waals surface area contributed by atoms with Gasteiger partial charge >= 0.3 is 0 Å². The highest BCUT2D eigenvalue weighted by Crippen LogP contribution is 2.29. The molecule has 1 aliphatic rings. The summed E-state index contributed by atoms with van der Waals surface area (Å²) < 4.78 is 14.2. The molecule has 0 radical (unpaired) electrons. The molecule has 1 aromatic carbocycles. The predicted molar refractivity (Wildman–Crippen MR) is 82.7 cm³/mol. The first-order chi connectivity index (χ1) is 9.49. The smallest absolute Gasteiger partial charge is 0.146 e. The summed E-state index contributed by atoms with van der Waals surface area (Å²) in [4.78, 5) is 4.45. The molecule has 112 valence electrons. The standard InChI is InChI=1S/C16H26FN3/c1-12(18)11-13-5-4-6-15(17)16(13)20-9-7-14(8-10-20)19(2)3/h4-6,12,14H,7-11,18H2,1-3H3. The quantitative estimate of drug-likeness (QED) is 0.917. The molecule has 20 heavy (non-hydrogen) atoms. The number of nitrogens with two attached hydrogens (primary N) is 1. The SMILES string of the molecule is CC(N)Cc1cccc(F)c1N1CCC(N(C)C)CC1. The number of hydrogen-bond acceptors (Lipinski definition) is 3. The van der Waals surface area contributed by atoms with E-state index < -0.39 is 0 Å². The maximum Gasteiger partial charge on any atom is 0.146 e. The molecule has 0 amide bonds. The van der Waals surface area contributed by atoms with Crippen LogP contribution in [-0.4, -0.2) is 44.2 Å². The normalized spacial score (nSPS) is 18.6. The van der Waals surface area contributed by atoms with Gasteiger partial charge in [0.05, 0.1) is 5.69 Å². The van der Waals surface area contributed by atoms with E-state index in [1.165, 1.54) is 0 Å². The maximum absolute atomic E-state index is 14.2. The molecule has 0 bridgehead atoms. The number of hydrogen-bond donors (Lipinski definition) is 1. The van der Waals surface area contributed by atoms with Crippen molar-refractivity contribution in [1.29, 1.82) is 0 Å². The van der Waals surface area contributed by atoms with Crippen molar-refractivity contribution < 1.29 is 4.39 Å². The topological polar surface area (TPSA) is 32.5 Å². The van der Waals surface area contributed by atoms with Crippen LogP contribution in [0.4, 0.5) is 10.1 Å². The molecule has 0 saturated carbocycles. The number of anilines is 1. The average Bonchev–Trinajstić information content (AvgIpc) is 2.38. The van der Waals surface area contributed by atoms with E-state index in [4.69, 9.17) is 5.73 Å². The summed E-state index contributed by atoms with van der Waals surface area (Å²) in [7, 11) is 4.23. The number of para-hydroxylation sites is 1. The van der Waals surface area contributed by atoms with E-state index in [-0.39, 0.29) is 11.9 Å². The first-order valence-corrected chi connectivity index (χ1v) is 7.43. The van der Waals surface area contributed by atoms with Crippen LogP contribution in [0.5, 0.6) is 0 Å². The van der Waals surface area contributed by atoms with Crippen molar-refractivity contribution in [3.63, 3.8) is 0 Å². The van der Waals surface area contributed by atoms with Crippen LogP contribution < -0.4 is 10.6 Å². The molecule has 3 nitrogen and oxygen atoms in total. The van der Waals surface area contributed by atoms with Gasteiger partial charge < -0.3 is 15.5 Å². The molecule has 1 heterocycles. The highest BCUT2D eigenvalue weighted by molar-refractivity contribution is 5.55. The second kappa shape index (κ2) is 6.55. The molecule has 2 N–H and O–H groups in total. The van der Waals surface area contributed by atoms with Crippen LogP contribution in [0.3, 0.4) is 0 Å². The van der Waals surface area contributed by atoms with Crippen LogP contribution in [0.1, 0.15) is 25.3 Å². The van der Waals surface area contributed by atoms with Crippen LogP contribution in [0.15, 0.2) is 18.2 Å². The van der Waals surface area contributed by atoms with Crippen LogP contribution in [0.25, 0.3) is 0 Å². The van der Waals surface area contributed by atoms with Crippen molar-refractivity contribution in [2.45, 2.75) is 38.3 Å². The minimum absolute atomic E-state index is 0.0508. The van der Waals surface area contributed by atoms with Crippen LogP contribution in [-0.2, 0) is 6.42 Å². The molecule has 1 unspecified atom stereocenters. The van der Waals surface area contributed by atoms with Gasteiger partial charge in [-0.15, -0.1) is 0 Å². The van der Waals surface area contributed by atoms with Crippen LogP contribution in [0, 0.1) is 5.82 Å². The Morgan fingerprint density at radius 2 is 2.00 bits per heavy atom. The zero-order valence-electron chi connectivity index (χ0n) is 12.8. The lowest BCUT2D eigenvalue weighted by atomic mass is 9.99. The Kier molecular flexibility index (Phi) is 5.00. The molecular weight excluding hydrogens is 253 g/mol. The van der Waals surface area contributed by atoms with Gasteiger partial charge in [0.25, 0.3) is 0 Å². The van der Waals surface area contributed by atoms with E-state index in [0.29, 0.717) is 6.04 Å². The van der Waals surface area contributed by atoms with Crippen LogP contribution in [0.2, 0.25) is 0 Å². The Hall–Kier alpha value is -1.13. The largest absolute Gasteiger partial charge is 0.369 e. The third-order valence-corrected chi connectivity index (χ3v) is 4.12. The Morgan fingerprint density at radius 1 is 1.35 bits per heavy atom. The third kappa shape index (κ3) is 3.49. The molecular formula is C16H26FN3. The van der Waals surface area contributed by atoms with Crippen molar-refractivity contribution in [3.05, 3.63) is 29.6 Å². The number of nitrogens with zero attached hydrogens (tertiary/aromatic N) is 2. The molecule has 1 aliphatic heterocycles. The fourth-order valence-electron chi connectivity index (χ4n) is 3.03. The van der Waals surface area contributed by atoms with Crippen LogP contribution >= 0.6 is 0 Å². The van der Waals surface area contributed by atoms with E-state index in [0.717, 1.165) is 43.6 Å². The summed E-state index contributed by atoms with van der Waals surface area (Å²) >= 11 is 0. The summed E-state index contributed by atoms with van der Waals surface area (Å²) in [6.07, 6.45) is 2.89. The van der Waals surface area contributed by atoms with Gasteiger partial charge in [0.1, 0.15) is 5.82 Å². The number of rotatable bonds is 4. The highest BCUT2D eigenvalue weighted by atomic mass is 19.1. The van der Waals surface area contributed by atoms with Crippen molar-refractivity contribution in [2.75, 3.05) is 32.1 Å². The fraction of sp³-hybridized carbons (Fsp3) is 0.625. The second-order valence-corrected chi connectivity index (χ2v) is 6.11. The Bertz CT molecular complexity index is 437. The van der Waals surface area contributed by atoms with Gasteiger partial charge in [-0.3, -0.25) is 0 Å². The summed E-state index contributed by atoms with van der Waals surface area (Å²) in [5, 5.41) is 0. The summed E-state index contributed by atoms with van der Waals surface area (Å²) in [5.74, 6) is -0.119. The Morgan fingerprint density at radius 3 is 2.55 bits per heavy atom. The fourth-order valence-corrected chi connectivity index (χ4v) is 3.03. The van der Waals surface area contributed by atoms with Gasteiger partial charge in [0.2, 0.25) is 0 Å². The minimum Gasteiger partial charge on any atom is -0.369 e. The molecule has 2 rings (SSSR count). The molecule has 1 saturated heterocycles. The highest BCUT2D eigenvalue weighted by Gasteiger charge is 2.24. The molecule has 4 heteroatoms. The van der Waals surface area contributed by atoms with Gasteiger partial charge in [-0.2, -0.15) is 0 Å². The minimum atomic E-state index is -0.119. The Labute approximate surface area is 121 Å². The zero-order valence-corrected chi connectivity index (χ0v) is 12.8. The molecule has 0 spiro atoms. The lowest BCUT2D eigenvalue weighted by Gasteiger charge is -2.37. The van der Waals surface area contributed by atoms with Gasteiger partial charge in [0.15, 0.2) is 0 Å². The van der Waals surface area contributed by atoms with E-state index in [9.17, 15) is 4.39 Å². The maximum atomic E-state index is 14.2. The first kappa shape index (κ1) is 15.3. The molecule has 1 aromatic rings. The lowest BCUT2D eigenvalue weighted by Crippen LogP contribution is -2.42. The zero-order chi connectivity index (χ0) is 14.7. The van der Waals surface area contributed by atoms with E-state index in [1.807, 2.05) is 13.0 Å². The monoisotopic (exact) mass is 279 g/mol.